The van der Waals surface area contributed by atoms with Crippen molar-refractivity contribution in [1.82, 2.24) is 0 Å². The van der Waals surface area contributed by atoms with E-state index in [0.717, 1.165) is 12.1 Å². The van der Waals surface area contributed by atoms with Gasteiger partial charge in [-0.25, -0.2) is 0 Å². The molecular formula is C29H28N2. The van der Waals surface area contributed by atoms with Crippen molar-refractivity contribution in [1.29, 1.82) is 0 Å². The first-order valence-electron chi connectivity index (χ1n) is 10.8. The summed E-state index contributed by atoms with van der Waals surface area (Å²) in [4.78, 5) is 0. The van der Waals surface area contributed by atoms with Crippen molar-refractivity contribution in [2.45, 2.75) is 26.3 Å². The third kappa shape index (κ3) is 5.29. The van der Waals surface area contributed by atoms with E-state index in [1.807, 2.05) is 18.2 Å². The second-order valence-corrected chi connectivity index (χ2v) is 7.88. The first-order valence-corrected chi connectivity index (χ1v) is 10.8. The Morgan fingerprint density at radius 3 is 1.68 bits per heavy atom. The Labute approximate surface area is 185 Å². The van der Waals surface area contributed by atoms with Gasteiger partial charge >= 0.3 is 0 Å². The molecule has 4 aromatic rings. The summed E-state index contributed by atoms with van der Waals surface area (Å²) in [5, 5.41) is 6.87. The molecule has 0 spiro atoms. The maximum absolute atomic E-state index is 4.76. The standard InChI is InChI=1S/C16H16N2.C13H12/c1-13-12-16(14-8-4-2-5-9-14)17-18(13)15-10-6-3-7-11-15;1-11-7-9-13(10-8-11)12-5-3-2-4-6-12/h2-11,13H,12H2,1H3;2-10H,1H3. The van der Waals surface area contributed by atoms with Crippen LogP contribution in [0.5, 0.6) is 0 Å². The van der Waals surface area contributed by atoms with Gasteiger partial charge in [0.05, 0.1) is 17.4 Å². The van der Waals surface area contributed by atoms with Crippen LogP contribution in [-0.2, 0) is 0 Å². The van der Waals surface area contributed by atoms with Crippen LogP contribution in [0, 0.1) is 6.92 Å². The minimum atomic E-state index is 0.419. The van der Waals surface area contributed by atoms with E-state index in [1.54, 1.807) is 0 Å². The Balaban J connectivity index is 0.000000158. The molecule has 0 amide bonds. The quantitative estimate of drug-likeness (QED) is 0.348. The number of benzene rings is 4. The van der Waals surface area contributed by atoms with Crippen molar-refractivity contribution in [3.05, 3.63) is 126 Å². The van der Waals surface area contributed by atoms with Gasteiger partial charge in [-0.1, -0.05) is 109 Å². The molecular weight excluding hydrogens is 376 g/mol. The molecule has 1 heterocycles. The van der Waals surface area contributed by atoms with E-state index < -0.39 is 0 Å². The smallest absolute Gasteiger partial charge is 0.0703 e. The van der Waals surface area contributed by atoms with Gasteiger partial charge < -0.3 is 0 Å². The molecule has 0 saturated heterocycles. The lowest BCUT2D eigenvalue weighted by molar-refractivity contribution is 0.724. The number of aryl methyl sites for hydroxylation is 1. The van der Waals surface area contributed by atoms with Crippen molar-refractivity contribution in [3.63, 3.8) is 0 Å². The van der Waals surface area contributed by atoms with Gasteiger partial charge in [0.1, 0.15) is 0 Å². The van der Waals surface area contributed by atoms with Crippen molar-refractivity contribution in [2.24, 2.45) is 5.10 Å². The average molecular weight is 405 g/mol. The van der Waals surface area contributed by atoms with Crippen LogP contribution in [-0.4, -0.2) is 11.8 Å². The number of anilines is 1. The number of hydrogen-bond donors (Lipinski definition) is 0. The molecule has 1 aliphatic rings. The summed E-state index contributed by atoms with van der Waals surface area (Å²) in [6.07, 6.45) is 0.999. The number of rotatable bonds is 3. The summed E-state index contributed by atoms with van der Waals surface area (Å²) in [6, 6.07) is 40.2. The van der Waals surface area contributed by atoms with E-state index >= 15 is 0 Å². The van der Waals surface area contributed by atoms with E-state index in [-0.39, 0.29) is 0 Å². The molecule has 2 nitrogen and oxygen atoms in total. The normalized spacial score (nSPS) is 15.1. The zero-order valence-corrected chi connectivity index (χ0v) is 18.1. The van der Waals surface area contributed by atoms with E-state index in [1.165, 1.54) is 28.0 Å². The molecule has 4 aromatic carbocycles. The fraction of sp³-hybridized carbons (Fsp3) is 0.138. The Morgan fingerprint density at radius 1 is 0.613 bits per heavy atom. The van der Waals surface area contributed by atoms with Crippen LogP contribution in [0.4, 0.5) is 5.69 Å². The molecule has 1 aliphatic heterocycles. The summed E-state index contributed by atoms with van der Waals surface area (Å²) < 4.78 is 0. The molecule has 0 radical (unpaired) electrons. The van der Waals surface area contributed by atoms with E-state index in [4.69, 9.17) is 5.10 Å². The number of hydrazone groups is 1. The maximum Gasteiger partial charge on any atom is 0.0703 e. The largest absolute Gasteiger partial charge is 0.262 e. The average Bonchev–Trinajstić information content (AvgIpc) is 3.23. The number of nitrogens with zero attached hydrogens (tertiary/aromatic N) is 2. The van der Waals surface area contributed by atoms with Crippen LogP contribution in [0.1, 0.15) is 24.5 Å². The maximum atomic E-state index is 4.76. The first-order chi connectivity index (χ1) is 15.2. The Kier molecular flexibility index (Phi) is 6.59. The van der Waals surface area contributed by atoms with E-state index in [9.17, 15) is 0 Å². The minimum Gasteiger partial charge on any atom is -0.262 e. The fourth-order valence-corrected chi connectivity index (χ4v) is 3.71. The van der Waals surface area contributed by atoms with Gasteiger partial charge in [-0.05, 0) is 42.7 Å². The summed E-state index contributed by atoms with van der Waals surface area (Å²) >= 11 is 0. The number of hydrogen-bond acceptors (Lipinski definition) is 2. The highest BCUT2D eigenvalue weighted by molar-refractivity contribution is 6.03. The molecule has 0 bridgehead atoms. The molecule has 2 heteroatoms. The zero-order chi connectivity index (χ0) is 21.5. The minimum absolute atomic E-state index is 0.419. The Morgan fingerprint density at radius 2 is 1.10 bits per heavy atom. The molecule has 0 N–H and O–H groups in total. The fourth-order valence-electron chi connectivity index (χ4n) is 3.71. The lowest BCUT2D eigenvalue weighted by atomic mass is 10.0. The van der Waals surface area contributed by atoms with Crippen LogP contribution in [0.25, 0.3) is 11.1 Å². The summed E-state index contributed by atoms with van der Waals surface area (Å²) in [7, 11) is 0. The van der Waals surface area contributed by atoms with Gasteiger partial charge in [0.15, 0.2) is 0 Å². The van der Waals surface area contributed by atoms with E-state index in [2.05, 4.69) is 116 Å². The predicted molar refractivity (Wildman–Crippen MR) is 133 cm³/mol. The highest BCUT2D eigenvalue weighted by Gasteiger charge is 2.24. The van der Waals surface area contributed by atoms with Gasteiger partial charge in [-0.15, -0.1) is 0 Å². The monoisotopic (exact) mass is 404 g/mol. The third-order valence-corrected chi connectivity index (χ3v) is 5.42. The molecule has 154 valence electrons. The van der Waals surface area contributed by atoms with Crippen LogP contribution in [0.15, 0.2) is 120 Å². The summed E-state index contributed by atoms with van der Waals surface area (Å²) in [5.41, 5.74) is 7.43. The summed E-state index contributed by atoms with van der Waals surface area (Å²) in [6.45, 7) is 4.32. The Hall–Kier alpha value is -3.65. The molecule has 0 aliphatic carbocycles. The lowest BCUT2D eigenvalue weighted by Crippen LogP contribution is -2.22. The van der Waals surface area contributed by atoms with Crippen molar-refractivity contribution < 1.29 is 0 Å². The molecule has 0 aromatic heterocycles. The van der Waals surface area contributed by atoms with Crippen molar-refractivity contribution in [3.8, 4) is 11.1 Å². The second-order valence-electron chi connectivity index (χ2n) is 7.88. The SMILES string of the molecule is CC1CC(c2ccccc2)=NN1c1ccccc1.Cc1ccc(-c2ccccc2)cc1. The van der Waals surface area contributed by atoms with Crippen molar-refractivity contribution in [2.75, 3.05) is 5.01 Å². The van der Waals surface area contributed by atoms with Gasteiger partial charge in [0.2, 0.25) is 0 Å². The van der Waals surface area contributed by atoms with Gasteiger partial charge in [0, 0.05) is 6.42 Å². The third-order valence-electron chi connectivity index (χ3n) is 5.42. The van der Waals surface area contributed by atoms with Gasteiger partial charge in [0.25, 0.3) is 0 Å². The second kappa shape index (κ2) is 9.90. The molecule has 0 saturated carbocycles. The Bertz CT molecular complexity index is 1100. The topological polar surface area (TPSA) is 15.6 Å². The predicted octanol–water partition coefficient (Wildman–Crippen LogP) is 7.35. The molecule has 0 fully saturated rings. The molecule has 1 atom stereocenters. The van der Waals surface area contributed by atoms with Crippen LogP contribution in [0.2, 0.25) is 0 Å². The highest BCUT2D eigenvalue weighted by Crippen LogP contribution is 2.26. The first kappa shape index (κ1) is 20.6. The lowest BCUT2D eigenvalue weighted by Gasteiger charge is -2.19. The van der Waals surface area contributed by atoms with Crippen molar-refractivity contribution >= 4 is 11.4 Å². The van der Waals surface area contributed by atoms with Crippen LogP contribution < -0.4 is 5.01 Å². The van der Waals surface area contributed by atoms with Gasteiger partial charge in [-0.3, -0.25) is 5.01 Å². The van der Waals surface area contributed by atoms with Crippen LogP contribution >= 0.6 is 0 Å². The molecule has 1 unspecified atom stereocenters. The molecule has 5 rings (SSSR count). The van der Waals surface area contributed by atoms with E-state index in [0.29, 0.717) is 6.04 Å². The van der Waals surface area contributed by atoms with Gasteiger partial charge in [-0.2, -0.15) is 5.10 Å². The number of para-hydroxylation sites is 1. The van der Waals surface area contributed by atoms with Crippen LogP contribution in [0.3, 0.4) is 0 Å². The zero-order valence-electron chi connectivity index (χ0n) is 18.1. The summed E-state index contributed by atoms with van der Waals surface area (Å²) in [5.74, 6) is 0. The molecule has 31 heavy (non-hydrogen) atoms. The highest BCUT2D eigenvalue weighted by atomic mass is 15.5.